The molecule has 2 atom stereocenters. The molecule has 0 aromatic heterocycles. The van der Waals surface area contributed by atoms with Gasteiger partial charge >= 0.3 is 6.18 Å². The fourth-order valence-corrected chi connectivity index (χ4v) is 0.916. The van der Waals surface area contributed by atoms with Gasteiger partial charge in [0, 0.05) is 6.04 Å². The molecule has 0 aliphatic carbocycles. The second-order valence-electron chi connectivity index (χ2n) is 3.28. The van der Waals surface area contributed by atoms with Crippen LogP contribution in [0, 0.1) is 5.92 Å². The normalized spacial score (nSPS) is 18.0. The van der Waals surface area contributed by atoms with Gasteiger partial charge in [0.2, 0.25) is 0 Å². The van der Waals surface area contributed by atoms with E-state index in [1.165, 1.54) is 0 Å². The van der Waals surface area contributed by atoms with Crippen LogP contribution < -0.4 is 5.73 Å². The van der Waals surface area contributed by atoms with Crippen molar-refractivity contribution in [3.63, 3.8) is 0 Å². The molecule has 0 fully saturated rings. The van der Waals surface area contributed by atoms with Crippen LogP contribution in [0.5, 0.6) is 0 Å². The Hall–Kier alpha value is -0.290. The van der Waals surface area contributed by atoms with Crippen molar-refractivity contribution in [3.8, 4) is 0 Å². The lowest BCUT2D eigenvalue weighted by Crippen LogP contribution is -2.45. The SMILES string of the molecule is CC(C)C[C@H](N)[C@@H](O)C(F)(F)F. The molecular formula is C7H14F3NO. The fourth-order valence-electron chi connectivity index (χ4n) is 0.916. The van der Waals surface area contributed by atoms with Gasteiger partial charge in [-0.1, -0.05) is 13.8 Å². The van der Waals surface area contributed by atoms with Gasteiger partial charge in [-0.05, 0) is 12.3 Å². The Bertz CT molecular complexity index is 135. The summed E-state index contributed by atoms with van der Waals surface area (Å²) in [6.07, 6.45) is -6.84. The first-order valence-electron chi connectivity index (χ1n) is 3.75. The van der Waals surface area contributed by atoms with Crippen molar-refractivity contribution < 1.29 is 18.3 Å². The number of hydrogen-bond donors (Lipinski definition) is 2. The maximum atomic E-state index is 11.8. The lowest BCUT2D eigenvalue weighted by molar-refractivity contribution is -0.210. The Labute approximate surface area is 69.6 Å². The highest BCUT2D eigenvalue weighted by Crippen LogP contribution is 2.23. The van der Waals surface area contributed by atoms with Gasteiger partial charge in [0.25, 0.3) is 0 Å². The third-order valence-electron chi connectivity index (χ3n) is 1.48. The highest BCUT2D eigenvalue weighted by Gasteiger charge is 2.42. The molecule has 0 aliphatic rings. The minimum atomic E-state index is -4.60. The molecule has 0 rings (SSSR count). The van der Waals surface area contributed by atoms with Gasteiger partial charge in [-0.15, -0.1) is 0 Å². The average molecular weight is 185 g/mol. The van der Waals surface area contributed by atoms with Crippen LogP contribution in [-0.2, 0) is 0 Å². The number of aliphatic hydroxyl groups is 1. The summed E-state index contributed by atoms with van der Waals surface area (Å²) in [6, 6.07) is -1.22. The van der Waals surface area contributed by atoms with Crippen LogP contribution in [0.2, 0.25) is 0 Å². The molecule has 0 spiro atoms. The van der Waals surface area contributed by atoms with Crippen molar-refractivity contribution >= 4 is 0 Å². The molecule has 74 valence electrons. The first-order chi connectivity index (χ1) is 5.25. The van der Waals surface area contributed by atoms with E-state index in [1.807, 2.05) is 0 Å². The van der Waals surface area contributed by atoms with Gasteiger partial charge < -0.3 is 10.8 Å². The lowest BCUT2D eigenvalue weighted by Gasteiger charge is -2.22. The molecule has 0 heterocycles. The largest absolute Gasteiger partial charge is 0.415 e. The van der Waals surface area contributed by atoms with Crippen molar-refractivity contribution in [2.24, 2.45) is 11.7 Å². The van der Waals surface area contributed by atoms with Crippen molar-refractivity contribution in [2.75, 3.05) is 0 Å². The third kappa shape index (κ3) is 3.92. The molecule has 0 saturated carbocycles. The standard InChI is InChI=1S/C7H14F3NO/c1-4(2)3-5(11)6(12)7(8,9)10/h4-6,12H,3,11H2,1-2H3/t5-,6+/m0/s1. The molecule has 0 aliphatic heterocycles. The summed E-state index contributed by atoms with van der Waals surface area (Å²) in [6.45, 7) is 3.51. The Morgan fingerprint density at radius 3 is 2.00 bits per heavy atom. The Morgan fingerprint density at radius 1 is 1.33 bits per heavy atom. The van der Waals surface area contributed by atoms with Crippen molar-refractivity contribution in [3.05, 3.63) is 0 Å². The first kappa shape index (κ1) is 11.7. The second-order valence-corrected chi connectivity index (χ2v) is 3.28. The Kier molecular flexibility index (Phi) is 3.99. The predicted octanol–water partition coefficient (Wildman–Crippen LogP) is 1.28. The van der Waals surface area contributed by atoms with E-state index in [1.54, 1.807) is 13.8 Å². The molecule has 5 heteroatoms. The first-order valence-corrected chi connectivity index (χ1v) is 3.75. The maximum absolute atomic E-state index is 11.8. The summed E-state index contributed by atoms with van der Waals surface area (Å²) < 4.78 is 35.5. The zero-order valence-corrected chi connectivity index (χ0v) is 7.10. The summed E-state index contributed by atoms with van der Waals surface area (Å²) in [5, 5.41) is 8.65. The number of rotatable bonds is 3. The van der Waals surface area contributed by atoms with E-state index < -0.39 is 18.3 Å². The monoisotopic (exact) mass is 185 g/mol. The number of nitrogens with two attached hydrogens (primary N) is 1. The number of hydrogen-bond acceptors (Lipinski definition) is 2. The highest BCUT2D eigenvalue weighted by molar-refractivity contribution is 4.78. The Balaban J connectivity index is 4.01. The number of halogens is 3. The van der Waals surface area contributed by atoms with Gasteiger partial charge in [-0.25, -0.2) is 0 Å². The summed E-state index contributed by atoms with van der Waals surface area (Å²) in [7, 11) is 0. The maximum Gasteiger partial charge on any atom is 0.415 e. The fraction of sp³-hybridized carbons (Fsp3) is 1.00. The van der Waals surface area contributed by atoms with E-state index in [4.69, 9.17) is 10.8 Å². The van der Waals surface area contributed by atoms with Crippen LogP contribution in [0.1, 0.15) is 20.3 Å². The average Bonchev–Trinajstić information content (AvgIpc) is 1.82. The molecule has 2 nitrogen and oxygen atoms in total. The van der Waals surface area contributed by atoms with E-state index in [0.717, 1.165) is 0 Å². The van der Waals surface area contributed by atoms with Gasteiger partial charge in [0.15, 0.2) is 6.10 Å². The van der Waals surface area contributed by atoms with Crippen LogP contribution in [0.3, 0.4) is 0 Å². The zero-order chi connectivity index (χ0) is 9.94. The van der Waals surface area contributed by atoms with Crippen molar-refractivity contribution in [1.82, 2.24) is 0 Å². The van der Waals surface area contributed by atoms with E-state index in [-0.39, 0.29) is 12.3 Å². The van der Waals surface area contributed by atoms with Crippen LogP contribution in [0.4, 0.5) is 13.2 Å². The van der Waals surface area contributed by atoms with E-state index in [9.17, 15) is 13.2 Å². The van der Waals surface area contributed by atoms with E-state index >= 15 is 0 Å². The Morgan fingerprint density at radius 2 is 1.75 bits per heavy atom. The van der Waals surface area contributed by atoms with Crippen LogP contribution >= 0.6 is 0 Å². The van der Waals surface area contributed by atoms with E-state index in [0.29, 0.717) is 0 Å². The third-order valence-corrected chi connectivity index (χ3v) is 1.48. The predicted molar refractivity (Wildman–Crippen MR) is 39.5 cm³/mol. The molecule has 0 unspecified atom stereocenters. The molecule has 0 amide bonds. The van der Waals surface area contributed by atoms with Crippen molar-refractivity contribution in [1.29, 1.82) is 0 Å². The topological polar surface area (TPSA) is 46.2 Å². The van der Waals surface area contributed by atoms with E-state index in [2.05, 4.69) is 0 Å². The van der Waals surface area contributed by atoms with Gasteiger partial charge in [-0.2, -0.15) is 13.2 Å². The van der Waals surface area contributed by atoms with Crippen molar-refractivity contribution in [2.45, 2.75) is 38.6 Å². The van der Waals surface area contributed by atoms with Crippen LogP contribution in [0.25, 0.3) is 0 Å². The summed E-state index contributed by atoms with van der Waals surface area (Å²) >= 11 is 0. The zero-order valence-electron chi connectivity index (χ0n) is 7.10. The molecule has 0 saturated heterocycles. The minimum absolute atomic E-state index is 0.0528. The molecule has 0 aromatic rings. The van der Waals surface area contributed by atoms with Gasteiger partial charge in [-0.3, -0.25) is 0 Å². The molecule has 0 bridgehead atoms. The molecular weight excluding hydrogens is 171 g/mol. The molecule has 3 N–H and O–H groups in total. The molecule has 0 radical (unpaired) electrons. The van der Waals surface area contributed by atoms with Crippen LogP contribution in [0.15, 0.2) is 0 Å². The van der Waals surface area contributed by atoms with Crippen LogP contribution in [-0.4, -0.2) is 23.4 Å². The summed E-state index contributed by atoms with van der Waals surface area (Å²) in [5.41, 5.74) is 5.13. The van der Waals surface area contributed by atoms with Gasteiger partial charge in [0.05, 0.1) is 0 Å². The minimum Gasteiger partial charge on any atom is -0.382 e. The smallest absolute Gasteiger partial charge is 0.382 e. The number of aliphatic hydroxyl groups excluding tert-OH is 1. The quantitative estimate of drug-likeness (QED) is 0.695. The van der Waals surface area contributed by atoms with Gasteiger partial charge in [0.1, 0.15) is 0 Å². The highest BCUT2D eigenvalue weighted by atomic mass is 19.4. The lowest BCUT2D eigenvalue weighted by atomic mass is 10.00. The molecule has 12 heavy (non-hydrogen) atoms. The summed E-state index contributed by atoms with van der Waals surface area (Å²) in [5.74, 6) is 0.0528. The number of alkyl halides is 3. The molecule has 0 aromatic carbocycles. The summed E-state index contributed by atoms with van der Waals surface area (Å²) in [4.78, 5) is 0. The second kappa shape index (κ2) is 4.09.